The predicted octanol–water partition coefficient (Wildman–Crippen LogP) is 1.71. The van der Waals surface area contributed by atoms with Crippen molar-refractivity contribution in [3.63, 3.8) is 0 Å². The largest absolute Gasteiger partial charge is 0.397 e. The monoisotopic (exact) mass is 472 g/mol. The van der Waals surface area contributed by atoms with Crippen molar-refractivity contribution >= 4 is 76.5 Å². The number of rotatable bonds is 0. The average molecular weight is 472 g/mol. The van der Waals surface area contributed by atoms with E-state index < -0.39 is 0 Å². The number of anilines is 2. The van der Waals surface area contributed by atoms with Gasteiger partial charge < -0.3 is 11.5 Å². The molecule has 7 aromatic rings. The Balaban J connectivity index is 1.70. The molecular formula is C28H16N4O4+2. The van der Waals surface area contributed by atoms with Crippen LogP contribution in [0, 0.1) is 0 Å². The Kier molecular flexibility index (Phi) is 3.73. The van der Waals surface area contributed by atoms with Crippen molar-refractivity contribution in [3.8, 4) is 0 Å². The van der Waals surface area contributed by atoms with E-state index >= 15 is 0 Å². The molecule has 0 unspecified atom stereocenters. The van der Waals surface area contributed by atoms with E-state index in [1.165, 1.54) is 12.1 Å². The van der Waals surface area contributed by atoms with E-state index in [9.17, 15) is 19.2 Å². The normalized spacial score (nSPS) is 12.0. The molecule has 0 spiro atoms. The van der Waals surface area contributed by atoms with Crippen LogP contribution in [0.3, 0.4) is 0 Å². The van der Waals surface area contributed by atoms with Gasteiger partial charge >= 0.3 is 0 Å². The molecule has 8 heteroatoms. The first kappa shape index (κ1) is 20.2. The Morgan fingerprint density at radius 1 is 0.472 bits per heavy atom. The molecule has 0 saturated carbocycles. The molecule has 1 heterocycles. The number of nitrogens with two attached hydrogens (primary N) is 2. The lowest BCUT2D eigenvalue weighted by Gasteiger charge is -2.05. The van der Waals surface area contributed by atoms with E-state index in [1.54, 1.807) is 48.5 Å². The van der Waals surface area contributed by atoms with Gasteiger partial charge in [-0.2, -0.15) is 9.97 Å². The molecular weight excluding hydrogens is 456 g/mol. The Labute approximate surface area is 199 Å². The van der Waals surface area contributed by atoms with E-state index in [2.05, 4.69) is 9.97 Å². The molecule has 0 radical (unpaired) electrons. The lowest BCUT2D eigenvalue weighted by molar-refractivity contribution is -0.359. The van der Waals surface area contributed by atoms with Crippen LogP contribution in [0.2, 0.25) is 0 Å². The number of nitrogens with one attached hydrogen (secondary N) is 2. The van der Waals surface area contributed by atoms with Crippen LogP contribution in [0.5, 0.6) is 0 Å². The molecule has 170 valence electrons. The summed E-state index contributed by atoms with van der Waals surface area (Å²) in [4.78, 5) is 59.9. The highest BCUT2D eigenvalue weighted by molar-refractivity contribution is 6.12. The first-order valence-electron chi connectivity index (χ1n) is 11.2. The Morgan fingerprint density at radius 3 is 1.53 bits per heavy atom. The van der Waals surface area contributed by atoms with Gasteiger partial charge in [-0.1, -0.05) is 24.3 Å². The van der Waals surface area contributed by atoms with Crippen LogP contribution < -0.4 is 43.2 Å². The topological polar surface area (TPSA) is 149 Å². The molecule has 0 aliphatic heterocycles. The Hall–Kier alpha value is -5.24. The average Bonchev–Trinajstić information content (AvgIpc) is 2.89. The molecule has 0 amide bonds. The maximum absolute atomic E-state index is 13.6. The van der Waals surface area contributed by atoms with E-state index in [1.807, 2.05) is 0 Å². The first-order valence-corrected chi connectivity index (χ1v) is 11.2. The van der Waals surface area contributed by atoms with Crippen molar-refractivity contribution in [2.75, 3.05) is 11.5 Å². The fourth-order valence-corrected chi connectivity index (χ4v) is 5.29. The SMILES string of the molecule is Nc1ccc2c(=O)c3c(ccc4[nH+]c5c(ccc6c(=O)c7ccccc7c(=O)c65)[nH+]c43)c(=O)c2c1N. The van der Waals surface area contributed by atoms with Crippen molar-refractivity contribution < 1.29 is 9.97 Å². The minimum absolute atomic E-state index is 0.0840. The summed E-state index contributed by atoms with van der Waals surface area (Å²) in [6.45, 7) is 0. The van der Waals surface area contributed by atoms with Gasteiger partial charge in [-0.15, -0.1) is 0 Å². The molecule has 0 saturated heterocycles. The fraction of sp³-hybridized carbons (Fsp3) is 0. The predicted molar refractivity (Wildman–Crippen MR) is 141 cm³/mol. The van der Waals surface area contributed by atoms with Crippen molar-refractivity contribution in [2.45, 2.75) is 0 Å². The second-order valence-electron chi connectivity index (χ2n) is 8.92. The number of hydrogen-bond donors (Lipinski definition) is 2. The van der Waals surface area contributed by atoms with Crippen LogP contribution in [0.1, 0.15) is 0 Å². The minimum atomic E-state index is -0.386. The van der Waals surface area contributed by atoms with Crippen molar-refractivity contribution in [1.82, 2.24) is 0 Å². The highest BCUT2D eigenvalue weighted by Crippen LogP contribution is 2.26. The quantitative estimate of drug-likeness (QED) is 0.195. The molecule has 0 bridgehead atoms. The zero-order chi connectivity index (χ0) is 24.9. The number of fused-ring (bicyclic) bond motifs is 8. The van der Waals surface area contributed by atoms with E-state index in [0.717, 1.165) is 0 Å². The molecule has 7 rings (SSSR count). The minimum Gasteiger partial charge on any atom is -0.397 e. The zero-order valence-electron chi connectivity index (χ0n) is 18.6. The highest BCUT2D eigenvalue weighted by Gasteiger charge is 2.26. The summed E-state index contributed by atoms with van der Waals surface area (Å²) < 4.78 is 0. The van der Waals surface area contributed by atoms with E-state index in [-0.39, 0.29) is 60.0 Å². The number of aromatic nitrogens is 2. The third-order valence-corrected chi connectivity index (χ3v) is 7.04. The van der Waals surface area contributed by atoms with E-state index in [0.29, 0.717) is 38.2 Å². The summed E-state index contributed by atoms with van der Waals surface area (Å²) in [5.41, 5.74) is 12.9. The number of nitrogen functional groups attached to an aromatic ring is 2. The van der Waals surface area contributed by atoms with Gasteiger partial charge in [0.1, 0.15) is 10.8 Å². The number of aromatic amines is 2. The summed E-state index contributed by atoms with van der Waals surface area (Å²) in [6.07, 6.45) is 0. The van der Waals surface area contributed by atoms with Crippen LogP contribution in [0.4, 0.5) is 11.4 Å². The van der Waals surface area contributed by atoms with Crippen molar-refractivity contribution in [3.05, 3.63) is 102 Å². The molecule has 8 nitrogen and oxygen atoms in total. The molecule has 0 fully saturated rings. The van der Waals surface area contributed by atoms with Crippen LogP contribution in [-0.2, 0) is 0 Å². The van der Waals surface area contributed by atoms with Crippen LogP contribution in [0.15, 0.2) is 79.8 Å². The summed E-state index contributed by atoms with van der Waals surface area (Å²) in [7, 11) is 0. The third kappa shape index (κ3) is 2.37. The van der Waals surface area contributed by atoms with Crippen molar-refractivity contribution in [1.29, 1.82) is 0 Å². The third-order valence-electron chi connectivity index (χ3n) is 7.04. The van der Waals surface area contributed by atoms with E-state index in [4.69, 9.17) is 11.5 Å². The number of hydrogen-bond acceptors (Lipinski definition) is 6. The summed E-state index contributed by atoms with van der Waals surface area (Å²) in [6, 6.07) is 16.2. The summed E-state index contributed by atoms with van der Waals surface area (Å²) in [5, 5.41) is 1.99. The maximum atomic E-state index is 13.6. The first-order chi connectivity index (χ1) is 17.4. The van der Waals surface area contributed by atoms with Gasteiger partial charge in [0, 0.05) is 39.1 Å². The molecule has 0 aliphatic carbocycles. The second kappa shape index (κ2) is 6.67. The van der Waals surface area contributed by atoms with Gasteiger partial charge in [-0.05, 0) is 24.3 Å². The summed E-state index contributed by atoms with van der Waals surface area (Å²) >= 11 is 0. The molecule has 0 aliphatic rings. The Morgan fingerprint density at radius 2 is 0.917 bits per heavy atom. The molecule has 6 aromatic carbocycles. The van der Waals surface area contributed by atoms with Gasteiger partial charge in [-0.25, -0.2) is 0 Å². The molecule has 0 atom stereocenters. The number of H-pyrrole nitrogens is 2. The van der Waals surface area contributed by atoms with Gasteiger partial charge in [-0.3, -0.25) is 19.2 Å². The lowest BCUT2D eigenvalue weighted by atomic mass is 9.98. The van der Waals surface area contributed by atoms with Gasteiger partial charge in [0.25, 0.3) is 22.1 Å². The van der Waals surface area contributed by atoms with Crippen LogP contribution in [-0.4, -0.2) is 0 Å². The van der Waals surface area contributed by atoms with Gasteiger partial charge in [0.15, 0.2) is 10.9 Å². The van der Waals surface area contributed by atoms with Crippen LogP contribution >= 0.6 is 0 Å². The highest BCUT2D eigenvalue weighted by atomic mass is 16.1. The number of benzene rings is 6. The lowest BCUT2D eigenvalue weighted by Crippen LogP contribution is -2.24. The fourth-order valence-electron chi connectivity index (χ4n) is 5.29. The zero-order valence-corrected chi connectivity index (χ0v) is 18.6. The van der Waals surface area contributed by atoms with Gasteiger partial charge in [0.05, 0.1) is 16.8 Å². The molecule has 6 N–H and O–H groups in total. The summed E-state index contributed by atoms with van der Waals surface area (Å²) in [5.74, 6) is 0. The van der Waals surface area contributed by atoms with Gasteiger partial charge in [0.2, 0.25) is 10.9 Å². The van der Waals surface area contributed by atoms with Crippen molar-refractivity contribution in [2.24, 2.45) is 0 Å². The smallest absolute Gasteiger partial charge is 0.288 e. The van der Waals surface area contributed by atoms with Crippen LogP contribution in [0.25, 0.3) is 65.2 Å². The standard InChI is InChI=1S/C28H14N4O4/c29-16-8-5-13-19(22(16)30)27(35)15-7-10-18-24(21(15)28(13)36)32-17-9-6-14-20(23(17)31-18)26(34)12-4-2-1-3-11(12)25(14)33/h1-10H,29-30H2/p+2. The molecule has 36 heavy (non-hydrogen) atoms. The Bertz CT molecular complexity index is 2370. The second-order valence-corrected chi connectivity index (χ2v) is 8.92. The maximum Gasteiger partial charge on any atom is 0.288 e. The molecule has 1 aromatic heterocycles.